The molecular weight excluding hydrogens is 349 g/mol. The highest BCUT2D eigenvalue weighted by Crippen LogP contribution is 2.20. The molecule has 0 aliphatic heterocycles. The predicted octanol–water partition coefficient (Wildman–Crippen LogP) is 3.46. The number of benzene rings is 2. The van der Waals surface area contributed by atoms with Crippen LogP contribution in [0.5, 0.6) is 0 Å². The van der Waals surface area contributed by atoms with Crippen molar-refractivity contribution in [1.29, 1.82) is 0 Å². The summed E-state index contributed by atoms with van der Waals surface area (Å²) in [7, 11) is 2.03. The second-order valence-electron chi connectivity index (χ2n) is 4.72. The SMILES string of the molecule is CN(Cc1ccccc1)C[C@@H](O)c1ccccc1I. The molecule has 0 spiro atoms. The maximum absolute atomic E-state index is 10.3. The van der Waals surface area contributed by atoms with Gasteiger partial charge in [-0.15, -0.1) is 0 Å². The summed E-state index contributed by atoms with van der Waals surface area (Å²) in [5.41, 5.74) is 2.27. The van der Waals surface area contributed by atoms with Gasteiger partial charge in [0, 0.05) is 16.7 Å². The number of hydrogen-bond acceptors (Lipinski definition) is 2. The van der Waals surface area contributed by atoms with Crippen molar-refractivity contribution < 1.29 is 5.11 Å². The Hall–Kier alpha value is -0.910. The molecule has 0 aromatic heterocycles. The molecular formula is C16H18INO. The fourth-order valence-corrected chi connectivity index (χ4v) is 2.85. The fourth-order valence-electron chi connectivity index (χ4n) is 2.10. The Labute approximate surface area is 128 Å². The third-order valence-electron chi connectivity index (χ3n) is 3.04. The van der Waals surface area contributed by atoms with Crippen molar-refractivity contribution in [3.05, 3.63) is 69.3 Å². The lowest BCUT2D eigenvalue weighted by atomic mass is 10.1. The second-order valence-corrected chi connectivity index (χ2v) is 5.88. The van der Waals surface area contributed by atoms with Crippen molar-refractivity contribution >= 4 is 22.6 Å². The summed E-state index contributed by atoms with van der Waals surface area (Å²) < 4.78 is 1.11. The number of halogens is 1. The summed E-state index contributed by atoms with van der Waals surface area (Å²) in [5, 5.41) is 10.3. The zero-order valence-electron chi connectivity index (χ0n) is 11.0. The van der Waals surface area contributed by atoms with Gasteiger partial charge < -0.3 is 5.11 Å². The van der Waals surface area contributed by atoms with Crippen LogP contribution in [0, 0.1) is 3.57 Å². The van der Waals surface area contributed by atoms with Crippen LogP contribution in [0.25, 0.3) is 0 Å². The van der Waals surface area contributed by atoms with E-state index in [1.165, 1.54) is 5.56 Å². The van der Waals surface area contributed by atoms with Gasteiger partial charge in [0.2, 0.25) is 0 Å². The van der Waals surface area contributed by atoms with Gasteiger partial charge in [-0.25, -0.2) is 0 Å². The molecule has 0 saturated carbocycles. The van der Waals surface area contributed by atoms with E-state index in [-0.39, 0.29) is 0 Å². The minimum atomic E-state index is -0.443. The molecule has 0 bridgehead atoms. The van der Waals surface area contributed by atoms with Gasteiger partial charge >= 0.3 is 0 Å². The van der Waals surface area contributed by atoms with E-state index in [9.17, 15) is 5.11 Å². The molecule has 0 unspecified atom stereocenters. The number of hydrogen-bond donors (Lipinski definition) is 1. The predicted molar refractivity (Wildman–Crippen MR) is 86.9 cm³/mol. The minimum absolute atomic E-state index is 0.443. The maximum atomic E-state index is 10.3. The van der Waals surface area contributed by atoms with Crippen molar-refractivity contribution in [1.82, 2.24) is 4.90 Å². The van der Waals surface area contributed by atoms with Gasteiger partial charge in [0.05, 0.1) is 6.10 Å². The van der Waals surface area contributed by atoms with Crippen LogP contribution in [0.4, 0.5) is 0 Å². The van der Waals surface area contributed by atoms with Crippen LogP contribution in [0.1, 0.15) is 17.2 Å². The van der Waals surface area contributed by atoms with Crippen LogP contribution < -0.4 is 0 Å². The van der Waals surface area contributed by atoms with Gasteiger partial charge in [0.1, 0.15) is 0 Å². The van der Waals surface area contributed by atoms with Crippen LogP contribution in [-0.2, 0) is 6.54 Å². The molecule has 19 heavy (non-hydrogen) atoms. The molecule has 2 aromatic rings. The Balaban J connectivity index is 1.96. The van der Waals surface area contributed by atoms with Gasteiger partial charge in [0.25, 0.3) is 0 Å². The smallest absolute Gasteiger partial charge is 0.0927 e. The van der Waals surface area contributed by atoms with E-state index in [1.54, 1.807) is 0 Å². The van der Waals surface area contributed by atoms with Crippen LogP contribution >= 0.6 is 22.6 Å². The molecule has 0 amide bonds. The Kier molecular flexibility index (Phi) is 5.36. The summed E-state index contributed by atoms with van der Waals surface area (Å²) >= 11 is 2.27. The lowest BCUT2D eigenvalue weighted by Crippen LogP contribution is -2.24. The summed E-state index contributed by atoms with van der Waals surface area (Å²) in [4.78, 5) is 2.14. The van der Waals surface area contributed by atoms with Gasteiger partial charge in [-0.05, 0) is 46.8 Å². The summed E-state index contributed by atoms with van der Waals surface area (Å²) in [6, 6.07) is 18.3. The average molecular weight is 367 g/mol. The molecule has 2 nitrogen and oxygen atoms in total. The molecule has 2 aromatic carbocycles. The van der Waals surface area contributed by atoms with Crippen molar-refractivity contribution in [2.75, 3.05) is 13.6 Å². The molecule has 0 aliphatic rings. The molecule has 1 N–H and O–H groups in total. The second kappa shape index (κ2) is 7.03. The van der Waals surface area contributed by atoms with Crippen molar-refractivity contribution in [2.45, 2.75) is 12.6 Å². The highest BCUT2D eigenvalue weighted by molar-refractivity contribution is 14.1. The minimum Gasteiger partial charge on any atom is -0.387 e. The molecule has 3 heteroatoms. The summed E-state index contributed by atoms with van der Waals surface area (Å²) in [6.07, 6.45) is -0.443. The number of nitrogens with zero attached hydrogens (tertiary/aromatic N) is 1. The zero-order chi connectivity index (χ0) is 13.7. The first-order chi connectivity index (χ1) is 9.16. The van der Waals surface area contributed by atoms with E-state index in [1.807, 2.05) is 49.5 Å². The fraction of sp³-hybridized carbons (Fsp3) is 0.250. The van der Waals surface area contributed by atoms with Gasteiger partial charge in [-0.3, -0.25) is 4.90 Å². The zero-order valence-corrected chi connectivity index (χ0v) is 13.1. The first-order valence-electron chi connectivity index (χ1n) is 6.32. The highest BCUT2D eigenvalue weighted by Gasteiger charge is 2.13. The largest absolute Gasteiger partial charge is 0.387 e. The van der Waals surface area contributed by atoms with E-state index in [0.29, 0.717) is 6.54 Å². The third-order valence-corrected chi connectivity index (χ3v) is 4.03. The molecule has 2 rings (SSSR count). The average Bonchev–Trinajstić information content (AvgIpc) is 2.40. The Bertz CT molecular complexity index is 515. The summed E-state index contributed by atoms with van der Waals surface area (Å²) in [5.74, 6) is 0. The maximum Gasteiger partial charge on any atom is 0.0927 e. The van der Waals surface area contributed by atoms with Crippen LogP contribution in [0.3, 0.4) is 0 Å². The standard InChI is InChI=1S/C16H18INO/c1-18(11-13-7-3-2-4-8-13)12-16(19)14-9-5-6-10-15(14)17/h2-10,16,19H,11-12H2,1H3/t16-/m1/s1. The van der Waals surface area contributed by atoms with Crippen molar-refractivity contribution in [2.24, 2.45) is 0 Å². The molecule has 0 fully saturated rings. The molecule has 0 saturated heterocycles. The molecule has 0 heterocycles. The molecule has 0 aliphatic carbocycles. The van der Waals surface area contributed by atoms with Crippen LogP contribution in [0.2, 0.25) is 0 Å². The molecule has 100 valence electrons. The normalized spacial score (nSPS) is 12.6. The molecule has 0 radical (unpaired) electrons. The quantitative estimate of drug-likeness (QED) is 0.819. The Morgan fingerprint density at radius 1 is 1.05 bits per heavy atom. The summed E-state index contributed by atoms with van der Waals surface area (Å²) in [6.45, 7) is 1.48. The van der Waals surface area contributed by atoms with Gasteiger partial charge in [-0.2, -0.15) is 0 Å². The van der Waals surface area contributed by atoms with E-state index in [4.69, 9.17) is 0 Å². The Morgan fingerprint density at radius 2 is 1.68 bits per heavy atom. The topological polar surface area (TPSA) is 23.5 Å². The number of likely N-dealkylation sites (N-methyl/N-ethyl adjacent to an activating group) is 1. The van der Waals surface area contributed by atoms with E-state index in [2.05, 4.69) is 39.6 Å². The van der Waals surface area contributed by atoms with E-state index < -0.39 is 6.10 Å². The number of aliphatic hydroxyl groups excluding tert-OH is 1. The number of aliphatic hydroxyl groups is 1. The third kappa shape index (κ3) is 4.30. The van der Waals surface area contributed by atoms with Crippen molar-refractivity contribution in [3.63, 3.8) is 0 Å². The van der Waals surface area contributed by atoms with Crippen LogP contribution in [-0.4, -0.2) is 23.6 Å². The Morgan fingerprint density at radius 3 is 2.37 bits per heavy atom. The van der Waals surface area contributed by atoms with Gasteiger partial charge in [-0.1, -0.05) is 48.5 Å². The van der Waals surface area contributed by atoms with Gasteiger partial charge in [0.15, 0.2) is 0 Å². The molecule has 1 atom stereocenters. The van der Waals surface area contributed by atoms with E-state index in [0.717, 1.165) is 15.7 Å². The van der Waals surface area contributed by atoms with E-state index >= 15 is 0 Å². The lowest BCUT2D eigenvalue weighted by molar-refractivity contribution is 0.123. The van der Waals surface area contributed by atoms with Crippen molar-refractivity contribution in [3.8, 4) is 0 Å². The first-order valence-corrected chi connectivity index (χ1v) is 7.39. The monoisotopic (exact) mass is 367 g/mol. The highest BCUT2D eigenvalue weighted by atomic mass is 127. The lowest BCUT2D eigenvalue weighted by Gasteiger charge is -2.21. The first kappa shape index (κ1) is 14.5. The van der Waals surface area contributed by atoms with Crippen LogP contribution in [0.15, 0.2) is 54.6 Å². The number of rotatable bonds is 5.